The average molecular weight is 335 g/mol. The number of hydrogen-bond donors (Lipinski definition) is 2. The first kappa shape index (κ1) is 17.5. The Kier molecular flexibility index (Phi) is 5.95. The second kappa shape index (κ2) is 8.17. The lowest BCUT2D eigenvalue weighted by molar-refractivity contribution is 0.0862. The molecule has 0 amide bonds. The summed E-state index contributed by atoms with van der Waals surface area (Å²) < 4.78 is 27.3. The van der Waals surface area contributed by atoms with Crippen molar-refractivity contribution in [3.63, 3.8) is 0 Å². The molecule has 2 N–H and O–H groups in total. The van der Waals surface area contributed by atoms with Crippen LogP contribution in [0, 0.1) is 35.8 Å². The fourth-order valence-electron chi connectivity index (χ4n) is 3.86. The van der Waals surface area contributed by atoms with Gasteiger partial charge in [0.2, 0.25) is 0 Å². The van der Waals surface area contributed by atoms with Crippen LogP contribution in [0.1, 0.15) is 36.0 Å². The minimum atomic E-state index is -0.752. The molecule has 1 radical (unpaired) electrons. The monoisotopic (exact) mass is 335 g/mol. The summed E-state index contributed by atoms with van der Waals surface area (Å²) in [6.07, 6.45) is 6.02. The number of Topliss-reactive ketones (excluding diaryl/α,β-unsaturated/α-hetero) is 1. The zero-order chi connectivity index (χ0) is 16.9. The zero-order valence-electron chi connectivity index (χ0n) is 13.9. The maximum atomic E-state index is 14.1. The van der Waals surface area contributed by atoms with E-state index in [4.69, 9.17) is 0 Å². The summed E-state index contributed by atoms with van der Waals surface area (Å²) in [5.41, 5.74) is 0.0186. The third-order valence-electron chi connectivity index (χ3n) is 5.25. The van der Waals surface area contributed by atoms with Crippen molar-refractivity contribution in [1.29, 1.82) is 0 Å². The second-order valence-electron chi connectivity index (χ2n) is 6.88. The van der Waals surface area contributed by atoms with Crippen molar-refractivity contribution in [3.05, 3.63) is 41.8 Å². The Morgan fingerprint density at radius 3 is 2.29 bits per heavy atom. The smallest absolute Gasteiger partial charge is 0.169 e. The molecule has 0 bridgehead atoms. The van der Waals surface area contributed by atoms with Crippen molar-refractivity contribution in [2.24, 2.45) is 17.8 Å². The molecule has 2 aliphatic heterocycles. The molecule has 1 atom stereocenters. The SMILES string of the molecule is O=C(c1ccc(F)cc1F)C([CH]C1CCNCC1)C1CCNCC1. The van der Waals surface area contributed by atoms with Crippen LogP contribution in [0.2, 0.25) is 0 Å². The number of rotatable bonds is 5. The van der Waals surface area contributed by atoms with Gasteiger partial charge in [0.1, 0.15) is 11.6 Å². The minimum absolute atomic E-state index is 0.0186. The summed E-state index contributed by atoms with van der Waals surface area (Å²) in [4.78, 5) is 13.0. The predicted octanol–water partition coefficient (Wildman–Crippen LogP) is 2.97. The largest absolute Gasteiger partial charge is 0.317 e. The molecular formula is C19H25F2N2O. The Labute approximate surface area is 142 Å². The van der Waals surface area contributed by atoms with Gasteiger partial charge < -0.3 is 10.6 Å². The Bertz CT molecular complexity index is 566. The van der Waals surface area contributed by atoms with Crippen molar-refractivity contribution in [2.75, 3.05) is 26.2 Å². The number of halogens is 2. The van der Waals surface area contributed by atoms with Gasteiger partial charge in [0.25, 0.3) is 0 Å². The molecule has 1 unspecified atom stereocenters. The van der Waals surface area contributed by atoms with Gasteiger partial charge in [-0.25, -0.2) is 8.78 Å². The molecule has 2 aliphatic rings. The highest BCUT2D eigenvalue weighted by molar-refractivity contribution is 5.99. The van der Waals surface area contributed by atoms with E-state index in [0.717, 1.165) is 57.9 Å². The van der Waals surface area contributed by atoms with E-state index in [1.807, 2.05) is 0 Å². The Morgan fingerprint density at radius 2 is 1.67 bits per heavy atom. The van der Waals surface area contributed by atoms with Crippen LogP contribution in [0.25, 0.3) is 0 Å². The summed E-state index contributed by atoms with van der Waals surface area (Å²) in [5, 5.41) is 6.64. The number of carbonyl (C=O) groups is 1. The number of piperidine rings is 2. The molecule has 3 nitrogen and oxygen atoms in total. The van der Waals surface area contributed by atoms with E-state index in [9.17, 15) is 13.6 Å². The molecule has 2 heterocycles. The van der Waals surface area contributed by atoms with E-state index < -0.39 is 11.6 Å². The van der Waals surface area contributed by atoms with Crippen LogP contribution in [-0.4, -0.2) is 32.0 Å². The summed E-state index contributed by atoms with van der Waals surface area (Å²) in [7, 11) is 0. The molecule has 131 valence electrons. The van der Waals surface area contributed by atoms with Gasteiger partial charge in [-0.1, -0.05) is 0 Å². The van der Waals surface area contributed by atoms with Crippen LogP contribution in [0.4, 0.5) is 8.78 Å². The van der Waals surface area contributed by atoms with Gasteiger partial charge in [0, 0.05) is 12.0 Å². The lowest BCUT2D eigenvalue weighted by Gasteiger charge is -2.33. The maximum absolute atomic E-state index is 14.1. The minimum Gasteiger partial charge on any atom is -0.317 e. The first-order chi connectivity index (χ1) is 11.6. The molecule has 1 aromatic rings. The van der Waals surface area contributed by atoms with Gasteiger partial charge in [-0.05, 0) is 82.3 Å². The van der Waals surface area contributed by atoms with Crippen molar-refractivity contribution >= 4 is 5.78 Å². The molecule has 1 aromatic carbocycles. The summed E-state index contributed by atoms with van der Waals surface area (Å²) in [6.45, 7) is 3.69. The van der Waals surface area contributed by atoms with Crippen molar-refractivity contribution in [3.8, 4) is 0 Å². The topological polar surface area (TPSA) is 41.1 Å². The molecule has 0 aliphatic carbocycles. The Hall–Kier alpha value is -1.33. The molecule has 0 spiro atoms. The van der Waals surface area contributed by atoms with E-state index in [0.29, 0.717) is 5.92 Å². The third kappa shape index (κ3) is 4.19. The normalized spacial score (nSPS) is 21.6. The summed E-state index contributed by atoms with van der Waals surface area (Å²) in [6, 6.07) is 3.26. The molecule has 2 fully saturated rings. The van der Waals surface area contributed by atoms with Crippen LogP contribution >= 0.6 is 0 Å². The van der Waals surface area contributed by atoms with E-state index >= 15 is 0 Å². The van der Waals surface area contributed by atoms with Crippen LogP contribution < -0.4 is 10.6 Å². The highest BCUT2D eigenvalue weighted by Gasteiger charge is 2.34. The van der Waals surface area contributed by atoms with Gasteiger partial charge in [0.05, 0.1) is 5.56 Å². The molecule has 3 rings (SSSR count). The predicted molar refractivity (Wildman–Crippen MR) is 89.7 cm³/mol. The second-order valence-corrected chi connectivity index (χ2v) is 6.88. The Morgan fingerprint density at radius 1 is 1.04 bits per heavy atom. The first-order valence-corrected chi connectivity index (χ1v) is 8.91. The quantitative estimate of drug-likeness (QED) is 0.813. The summed E-state index contributed by atoms with van der Waals surface area (Å²) in [5.74, 6) is -1.26. The fourth-order valence-corrected chi connectivity index (χ4v) is 3.86. The molecule has 5 heteroatoms. The first-order valence-electron chi connectivity index (χ1n) is 8.91. The molecule has 0 saturated carbocycles. The number of nitrogens with one attached hydrogen (secondary N) is 2. The third-order valence-corrected chi connectivity index (χ3v) is 5.25. The molecular weight excluding hydrogens is 310 g/mol. The van der Waals surface area contributed by atoms with E-state index in [-0.39, 0.29) is 23.2 Å². The van der Waals surface area contributed by atoms with Crippen molar-refractivity contribution < 1.29 is 13.6 Å². The van der Waals surface area contributed by atoms with Crippen molar-refractivity contribution in [2.45, 2.75) is 25.7 Å². The van der Waals surface area contributed by atoms with E-state index in [1.54, 1.807) is 0 Å². The fraction of sp³-hybridized carbons (Fsp3) is 0.579. The van der Waals surface area contributed by atoms with Crippen LogP contribution in [0.3, 0.4) is 0 Å². The lowest BCUT2D eigenvalue weighted by atomic mass is 9.74. The molecule has 24 heavy (non-hydrogen) atoms. The standard InChI is InChI=1S/C19H25F2N2O/c20-15-1-2-16(18(21)12-15)19(24)17(14-5-9-23-10-6-14)11-13-3-7-22-8-4-13/h1-2,11-14,17,22-23H,3-10H2. The number of carbonyl (C=O) groups excluding carboxylic acids is 1. The highest BCUT2D eigenvalue weighted by atomic mass is 19.1. The average Bonchev–Trinajstić information content (AvgIpc) is 2.61. The van der Waals surface area contributed by atoms with E-state index in [1.165, 1.54) is 12.1 Å². The van der Waals surface area contributed by atoms with Gasteiger partial charge in [-0.3, -0.25) is 4.79 Å². The maximum Gasteiger partial charge on any atom is 0.169 e. The Balaban J connectivity index is 1.80. The van der Waals surface area contributed by atoms with Crippen molar-refractivity contribution in [1.82, 2.24) is 10.6 Å². The number of ketones is 1. The van der Waals surface area contributed by atoms with Crippen LogP contribution in [-0.2, 0) is 0 Å². The van der Waals surface area contributed by atoms with Gasteiger partial charge >= 0.3 is 0 Å². The van der Waals surface area contributed by atoms with Gasteiger partial charge in [0.15, 0.2) is 5.78 Å². The van der Waals surface area contributed by atoms with E-state index in [2.05, 4.69) is 17.1 Å². The molecule has 0 aromatic heterocycles. The number of benzene rings is 1. The van der Waals surface area contributed by atoms with Crippen LogP contribution in [0.5, 0.6) is 0 Å². The molecule has 2 saturated heterocycles. The highest BCUT2D eigenvalue weighted by Crippen LogP contribution is 2.33. The lowest BCUT2D eigenvalue weighted by Crippen LogP contribution is -2.38. The van der Waals surface area contributed by atoms with Gasteiger partial charge in [-0.15, -0.1) is 0 Å². The zero-order valence-corrected chi connectivity index (χ0v) is 13.9. The summed E-state index contributed by atoms with van der Waals surface area (Å²) >= 11 is 0. The van der Waals surface area contributed by atoms with Crippen LogP contribution in [0.15, 0.2) is 18.2 Å². The number of hydrogen-bond acceptors (Lipinski definition) is 3. The van der Waals surface area contributed by atoms with Gasteiger partial charge in [-0.2, -0.15) is 0 Å².